The summed E-state index contributed by atoms with van der Waals surface area (Å²) in [7, 11) is 0. The zero-order valence-electron chi connectivity index (χ0n) is 12.5. The van der Waals surface area contributed by atoms with E-state index in [1.54, 1.807) is 29.2 Å². The molecule has 1 aromatic carbocycles. The summed E-state index contributed by atoms with van der Waals surface area (Å²) in [5.41, 5.74) is 1.36. The van der Waals surface area contributed by atoms with Crippen molar-refractivity contribution >= 4 is 33.4 Å². The monoisotopic (exact) mass is 368 g/mol. The maximum atomic E-state index is 12.3. The van der Waals surface area contributed by atoms with E-state index >= 15 is 0 Å². The molecule has 0 aromatic heterocycles. The summed E-state index contributed by atoms with van der Waals surface area (Å²) >= 11 is 3.35. The number of amides is 2. The molecule has 1 fully saturated rings. The molecule has 0 atom stereocenters. The molecule has 120 valence electrons. The van der Waals surface area contributed by atoms with Crippen molar-refractivity contribution < 1.29 is 14.3 Å². The predicted molar refractivity (Wildman–Crippen MR) is 89.4 cm³/mol. The molecule has 0 aliphatic carbocycles. The highest BCUT2D eigenvalue weighted by Gasteiger charge is 2.18. The van der Waals surface area contributed by atoms with Crippen LogP contribution in [0, 0.1) is 0 Å². The number of benzene rings is 1. The zero-order valence-corrected chi connectivity index (χ0v) is 14.1. The van der Waals surface area contributed by atoms with E-state index < -0.39 is 0 Å². The molecule has 1 aliphatic rings. The molecule has 0 radical (unpaired) electrons. The SMILES string of the molecule is O=C(CCCCBr)Nc1ccc(C(=O)N2CCOCC2)cc1. The van der Waals surface area contributed by atoms with Crippen LogP contribution >= 0.6 is 15.9 Å². The highest BCUT2D eigenvalue weighted by molar-refractivity contribution is 9.09. The summed E-state index contributed by atoms with van der Waals surface area (Å²) in [6, 6.07) is 7.06. The lowest BCUT2D eigenvalue weighted by atomic mass is 10.1. The smallest absolute Gasteiger partial charge is 0.254 e. The van der Waals surface area contributed by atoms with Crippen molar-refractivity contribution in [3.8, 4) is 0 Å². The van der Waals surface area contributed by atoms with Gasteiger partial charge in [0.2, 0.25) is 5.91 Å². The topological polar surface area (TPSA) is 58.6 Å². The van der Waals surface area contributed by atoms with Gasteiger partial charge in [-0.15, -0.1) is 0 Å². The minimum absolute atomic E-state index is 0.00760. The van der Waals surface area contributed by atoms with Crippen LogP contribution in [0.3, 0.4) is 0 Å². The van der Waals surface area contributed by atoms with Crippen LogP contribution in [-0.4, -0.2) is 48.3 Å². The number of hydrogen-bond acceptors (Lipinski definition) is 3. The van der Waals surface area contributed by atoms with Crippen molar-refractivity contribution in [2.75, 3.05) is 37.0 Å². The van der Waals surface area contributed by atoms with Crippen LogP contribution in [0.4, 0.5) is 5.69 Å². The second-order valence-corrected chi connectivity index (χ2v) is 5.97. The van der Waals surface area contributed by atoms with Gasteiger partial charge in [-0.05, 0) is 37.1 Å². The van der Waals surface area contributed by atoms with Crippen LogP contribution in [0.2, 0.25) is 0 Å². The Balaban J connectivity index is 1.86. The van der Waals surface area contributed by atoms with Crippen LogP contribution in [0.5, 0.6) is 0 Å². The van der Waals surface area contributed by atoms with Gasteiger partial charge < -0.3 is 15.0 Å². The standard InChI is InChI=1S/C16H21BrN2O3/c17-8-2-1-3-15(20)18-14-6-4-13(5-7-14)16(21)19-9-11-22-12-10-19/h4-7H,1-3,8-12H2,(H,18,20). The summed E-state index contributed by atoms with van der Waals surface area (Å²) in [5, 5.41) is 3.76. The van der Waals surface area contributed by atoms with Crippen molar-refractivity contribution in [1.82, 2.24) is 4.90 Å². The third-order valence-electron chi connectivity index (χ3n) is 3.50. The second-order valence-electron chi connectivity index (χ2n) is 5.18. The largest absolute Gasteiger partial charge is 0.378 e. The number of carbonyl (C=O) groups excluding carboxylic acids is 2. The Hall–Kier alpha value is -1.40. The Morgan fingerprint density at radius 1 is 1.14 bits per heavy atom. The van der Waals surface area contributed by atoms with Gasteiger partial charge in [-0.1, -0.05) is 15.9 Å². The van der Waals surface area contributed by atoms with Crippen LogP contribution in [0.25, 0.3) is 0 Å². The number of rotatable bonds is 6. The van der Waals surface area contributed by atoms with E-state index in [-0.39, 0.29) is 11.8 Å². The van der Waals surface area contributed by atoms with Crippen molar-refractivity contribution in [2.24, 2.45) is 0 Å². The fraction of sp³-hybridized carbons (Fsp3) is 0.500. The summed E-state index contributed by atoms with van der Waals surface area (Å²) in [5.74, 6) is 0.0201. The highest BCUT2D eigenvalue weighted by atomic mass is 79.9. The first-order valence-corrected chi connectivity index (χ1v) is 8.66. The van der Waals surface area contributed by atoms with Gasteiger partial charge in [0.25, 0.3) is 5.91 Å². The average molecular weight is 369 g/mol. The maximum absolute atomic E-state index is 12.3. The molecule has 6 heteroatoms. The summed E-state index contributed by atoms with van der Waals surface area (Å²) in [4.78, 5) is 25.8. The molecule has 1 saturated heterocycles. The lowest BCUT2D eigenvalue weighted by molar-refractivity contribution is -0.116. The summed E-state index contributed by atoms with van der Waals surface area (Å²) in [6.07, 6.45) is 2.37. The molecule has 0 saturated carbocycles. The van der Waals surface area contributed by atoms with Gasteiger partial charge in [0.1, 0.15) is 0 Å². The Morgan fingerprint density at radius 3 is 2.45 bits per heavy atom. The number of ether oxygens (including phenoxy) is 1. The minimum atomic E-state index is 0.00760. The van der Waals surface area contributed by atoms with E-state index in [2.05, 4.69) is 21.2 Å². The van der Waals surface area contributed by atoms with Crippen LogP contribution in [-0.2, 0) is 9.53 Å². The molecule has 2 amide bonds. The number of carbonyl (C=O) groups is 2. The third kappa shape index (κ3) is 5.10. The van der Waals surface area contributed by atoms with E-state index in [0.29, 0.717) is 38.3 Å². The fourth-order valence-corrected chi connectivity index (χ4v) is 2.65. The summed E-state index contributed by atoms with van der Waals surface area (Å²) in [6.45, 7) is 2.44. The van der Waals surface area contributed by atoms with Crippen LogP contribution in [0.1, 0.15) is 29.6 Å². The van der Waals surface area contributed by atoms with E-state index in [0.717, 1.165) is 23.9 Å². The zero-order chi connectivity index (χ0) is 15.8. The van der Waals surface area contributed by atoms with E-state index in [1.165, 1.54) is 0 Å². The van der Waals surface area contributed by atoms with Gasteiger partial charge in [-0.25, -0.2) is 0 Å². The van der Waals surface area contributed by atoms with Crippen LogP contribution < -0.4 is 5.32 Å². The van der Waals surface area contributed by atoms with E-state index in [4.69, 9.17) is 4.74 Å². The maximum Gasteiger partial charge on any atom is 0.254 e. The number of nitrogens with one attached hydrogen (secondary N) is 1. The molecule has 5 nitrogen and oxygen atoms in total. The van der Waals surface area contributed by atoms with Crippen molar-refractivity contribution in [3.05, 3.63) is 29.8 Å². The molecule has 0 spiro atoms. The van der Waals surface area contributed by atoms with Crippen molar-refractivity contribution in [3.63, 3.8) is 0 Å². The molecular formula is C16H21BrN2O3. The van der Waals surface area contributed by atoms with Gasteiger partial charge >= 0.3 is 0 Å². The molecule has 1 N–H and O–H groups in total. The normalized spacial score (nSPS) is 14.7. The first kappa shape index (κ1) is 17.0. The van der Waals surface area contributed by atoms with E-state index in [9.17, 15) is 9.59 Å². The predicted octanol–water partition coefficient (Wildman–Crippen LogP) is 2.66. The van der Waals surface area contributed by atoms with Crippen molar-refractivity contribution in [1.29, 1.82) is 0 Å². The molecule has 1 aliphatic heterocycles. The Bertz CT molecular complexity index is 499. The van der Waals surface area contributed by atoms with Crippen LogP contribution in [0.15, 0.2) is 24.3 Å². The number of alkyl halides is 1. The number of morpholine rings is 1. The van der Waals surface area contributed by atoms with Gasteiger partial charge in [0, 0.05) is 36.1 Å². The Morgan fingerprint density at radius 2 is 1.82 bits per heavy atom. The lowest BCUT2D eigenvalue weighted by Gasteiger charge is -2.26. The molecule has 0 unspecified atom stereocenters. The first-order valence-electron chi connectivity index (χ1n) is 7.53. The Labute approximate surface area is 139 Å². The molecule has 1 heterocycles. The first-order chi connectivity index (χ1) is 10.7. The van der Waals surface area contributed by atoms with Gasteiger partial charge in [-0.2, -0.15) is 0 Å². The lowest BCUT2D eigenvalue weighted by Crippen LogP contribution is -2.40. The number of hydrogen-bond donors (Lipinski definition) is 1. The van der Waals surface area contributed by atoms with E-state index in [1.807, 2.05) is 0 Å². The number of halogens is 1. The minimum Gasteiger partial charge on any atom is -0.378 e. The molecule has 2 rings (SSSR count). The molecule has 22 heavy (non-hydrogen) atoms. The molecular weight excluding hydrogens is 348 g/mol. The highest BCUT2D eigenvalue weighted by Crippen LogP contribution is 2.13. The van der Waals surface area contributed by atoms with Gasteiger partial charge in [0.15, 0.2) is 0 Å². The third-order valence-corrected chi connectivity index (χ3v) is 4.06. The fourth-order valence-electron chi connectivity index (χ4n) is 2.25. The number of unbranched alkanes of at least 4 members (excludes halogenated alkanes) is 1. The number of nitrogens with zero attached hydrogens (tertiary/aromatic N) is 1. The number of anilines is 1. The molecule has 0 bridgehead atoms. The quantitative estimate of drug-likeness (QED) is 0.620. The van der Waals surface area contributed by atoms with Gasteiger partial charge in [0.05, 0.1) is 13.2 Å². The second kappa shape index (κ2) is 8.90. The Kier molecular flexibility index (Phi) is 6.86. The average Bonchev–Trinajstić information content (AvgIpc) is 2.56. The van der Waals surface area contributed by atoms with Crippen molar-refractivity contribution in [2.45, 2.75) is 19.3 Å². The summed E-state index contributed by atoms with van der Waals surface area (Å²) < 4.78 is 5.24. The molecule has 1 aromatic rings. The van der Waals surface area contributed by atoms with Gasteiger partial charge in [-0.3, -0.25) is 9.59 Å².